The molecule has 0 spiro atoms. The summed E-state index contributed by atoms with van der Waals surface area (Å²) in [7, 11) is 0. The summed E-state index contributed by atoms with van der Waals surface area (Å²) in [5.74, 6) is 0. The molecule has 0 unspecified atom stereocenters. The summed E-state index contributed by atoms with van der Waals surface area (Å²) in [6.07, 6.45) is 3.24. The average molecular weight is 247 g/mol. The predicted molar refractivity (Wildman–Crippen MR) is 64.9 cm³/mol. The van der Waals surface area contributed by atoms with Crippen molar-refractivity contribution in [3.8, 4) is 0 Å². The van der Waals surface area contributed by atoms with Crippen LogP contribution in [0.1, 0.15) is 19.4 Å². The first kappa shape index (κ1) is 12.3. The number of pyridine rings is 1. The van der Waals surface area contributed by atoms with Gasteiger partial charge in [-0.15, -0.1) is 3.89 Å². The highest BCUT2D eigenvalue weighted by atomic mass is 35.5. The number of nitrogens with zero attached hydrogens (tertiary/aromatic N) is 2. The average Bonchev–Trinajstić information content (AvgIpc) is 2.70. The molecule has 0 amide bonds. The summed E-state index contributed by atoms with van der Waals surface area (Å²) in [5, 5.41) is 1.42. The highest BCUT2D eigenvalue weighted by molar-refractivity contribution is 7.92. The van der Waals surface area contributed by atoms with Crippen LogP contribution in [0.15, 0.2) is 18.5 Å². The number of aromatic nitrogens is 2. The third-order valence-electron chi connectivity index (χ3n) is 1.86. The van der Waals surface area contributed by atoms with Crippen molar-refractivity contribution in [1.82, 2.24) is 8.96 Å². The van der Waals surface area contributed by atoms with E-state index in [4.69, 9.17) is 11.6 Å². The Morgan fingerprint density at radius 1 is 1.47 bits per heavy atom. The molecule has 15 heavy (non-hydrogen) atoms. The lowest BCUT2D eigenvalue weighted by Gasteiger charge is -1.99. The summed E-state index contributed by atoms with van der Waals surface area (Å²) in [4.78, 5) is 4.09. The summed E-state index contributed by atoms with van der Waals surface area (Å²) in [6.45, 7) is 5.87. The zero-order chi connectivity index (χ0) is 11.4. The Balaban J connectivity index is 0.000000531. The van der Waals surface area contributed by atoms with Gasteiger partial charge in [-0.05, 0) is 18.6 Å². The Labute approximate surface area is 97.9 Å². The number of aryl methyl sites for hydroxylation is 1. The van der Waals surface area contributed by atoms with Gasteiger partial charge >= 0.3 is 0 Å². The lowest BCUT2D eigenvalue weighted by Crippen LogP contribution is -1.86. The second kappa shape index (κ2) is 5.37. The van der Waals surface area contributed by atoms with Crippen molar-refractivity contribution in [2.75, 3.05) is 0 Å². The van der Waals surface area contributed by atoms with Gasteiger partial charge in [0.15, 0.2) is 18.0 Å². The van der Waals surface area contributed by atoms with Crippen molar-refractivity contribution < 1.29 is 3.89 Å². The molecule has 2 aromatic rings. The van der Waals surface area contributed by atoms with E-state index in [1.165, 1.54) is 3.97 Å². The van der Waals surface area contributed by atoms with Crippen LogP contribution in [0.4, 0.5) is 3.89 Å². The summed E-state index contributed by atoms with van der Waals surface area (Å²) < 4.78 is 13.7. The van der Waals surface area contributed by atoms with Crippen molar-refractivity contribution in [2.24, 2.45) is 0 Å². The van der Waals surface area contributed by atoms with Crippen LogP contribution in [0.25, 0.3) is 11.0 Å². The van der Waals surface area contributed by atoms with E-state index in [9.17, 15) is 3.89 Å². The Hall–Kier alpha value is -0.740. The van der Waals surface area contributed by atoms with Gasteiger partial charge in [-0.2, -0.15) is 0 Å². The molecule has 0 saturated carbocycles. The fourth-order valence-electron chi connectivity index (χ4n) is 1.19. The standard InChI is InChI=1S/C8H6ClFN2S.C2H6/c1-5-4-11-8-6(7(5)9)2-3-12(8)13-10;1-2/h2-4H,1H3;1-2H3. The van der Waals surface area contributed by atoms with E-state index in [1.807, 2.05) is 20.8 Å². The molecule has 2 rings (SSSR count). The molecule has 0 radical (unpaired) electrons. The molecule has 0 aliphatic rings. The second-order valence-electron chi connectivity index (χ2n) is 2.70. The highest BCUT2D eigenvalue weighted by Gasteiger charge is 2.07. The molecule has 0 N–H and O–H groups in total. The zero-order valence-corrected chi connectivity index (χ0v) is 10.4. The minimum Gasteiger partial charge on any atom is -0.247 e. The molecule has 0 fully saturated rings. The molecule has 2 heterocycles. The van der Waals surface area contributed by atoms with E-state index in [0.717, 1.165) is 10.9 Å². The van der Waals surface area contributed by atoms with Crippen LogP contribution in [0.2, 0.25) is 5.02 Å². The van der Waals surface area contributed by atoms with Crippen LogP contribution in [0, 0.1) is 6.92 Å². The van der Waals surface area contributed by atoms with Crippen molar-refractivity contribution in [3.05, 3.63) is 29.0 Å². The van der Waals surface area contributed by atoms with Gasteiger partial charge in [0.25, 0.3) is 0 Å². The van der Waals surface area contributed by atoms with Crippen molar-refractivity contribution in [1.29, 1.82) is 0 Å². The van der Waals surface area contributed by atoms with E-state index in [-0.39, 0.29) is 12.3 Å². The highest BCUT2D eigenvalue weighted by Crippen LogP contribution is 2.28. The molecular weight excluding hydrogens is 235 g/mol. The molecule has 2 aromatic heterocycles. The molecule has 2 nitrogen and oxygen atoms in total. The quantitative estimate of drug-likeness (QED) is 0.742. The maximum absolute atomic E-state index is 12.3. The Kier molecular flexibility index (Phi) is 4.42. The van der Waals surface area contributed by atoms with Crippen LogP contribution in [0.5, 0.6) is 0 Å². The Morgan fingerprint density at radius 3 is 2.73 bits per heavy atom. The van der Waals surface area contributed by atoms with Gasteiger partial charge in [-0.1, -0.05) is 25.4 Å². The number of hydrogen-bond donors (Lipinski definition) is 0. The summed E-state index contributed by atoms with van der Waals surface area (Å²) >= 11 is 6.13. The zero-order valence-electron chi connectivity index (χ0n) is 8.79. The molecule has 5 heteroatoms. The van der Waals surface area contributed by atoms with E-state index in [2.05, 4.69) is 4.98 Å². The predicted octanol–water partition coefficient (Wildman–Crippen LogP) is 4.41. The Bertz CT molecular complexity index is 456. The minimum absolute atomic E-state index is 0.115. The molecule has 0 atom stereocenters. The fourth-order valence-corrected chi connectivity index (χ4v) is 1.70. The normalized spacial score (nSPS) is 9.93. The smallest absolute Gasteiger partial charge is 0.171 e. The third kappa shape index (κ3) is 2.26. The number of hydrogen-bond acceptors (Lipinski definition) is 2. The lowest BCUT2D eigenvalue weighted by atomic mass is 10.2. The van der Waals surface area contributed by atoms with Crippen LogP contribution >= 0.6 is 23.9 Å². The molecule has 0 aliphatic heterocycles. The van der Waals surface area contributed by atoms with Gasteiger partial charge in [0.1, 0.15) is 0 Å². The molecule has 0 aliphatic carbocycles. The van der Waals surface area contributed by atoms with Gasteiger partial charge in [-0.25, -0.2) is 8.96 Å². The van der Waals surface area contributed by atoms with E-state index in [0.29, 0.717) is 10.7 Å². The van der Waals surface area contributed by atoms with E-state index >= 15 is 0 Å². The van der Waals surface area contributed by atoms with E-state index in [1.54, 1.807) is 18.5 Å². The van der Waals surface area contributed by atoms with Gasteiger partial charge in [0, 0.05) is 17.8 Å². The van der Waals surface area contributed by atoms with Crippen LogP contribution in [0.3, 0.4) is 0 Å². The first-order valence-corrected chi connectivity index (χ1v) is 5.70. The van der Waals surface area contributed by atoms with Gasteiger partial charge < -0.3 is 0 Å². The van der Waals surface area contributed by atoms with Crippen LogP contribution < -0.4 is 0 Å². The lowest BCUT2D eigenvalue weighted by molar-refractivity contribution is 0.919. The second-order valence-corrected chi connectivity index (χ2v) is 3.61. The van der Waals surface area contributed by atoms with Crippen molar-refractivity contribution in [3.63, 3.8) is 0 Å². The van der Waals surface area contributed by atoms with Crippen LogP contribution in [-0.2, 0) is 0 Å². The molecule has 82 valence electrons. The molecular formula is C10H12ClFN2S. The van der Waals surface area contributed by atoms with Gasteiger partial charge in [-0.3, -0.25) is 0 Å². The van der Waals surface area contributed by atoms with Crippen molar-refractivity contribution >= 4 is 35.0 Å². The SMILES string of the molecule is CC.Cc1cnc2c(ccn2SF)c1Cl. The maximum Gasteiger partial charge on any atom is 0.171 e. The Morgan fingerprint density at radius 2 is 2.13 bits per heavy atom. The number of halogens is 2. The topological polar surface area (TPSA) is 17.8 Å². The van der Waals surface area contributed by atoms with Crippen molar-refractivity contribution in [2.45, 2.75) is 20.8 Å². The minimum atomic E-state index is 0.115. The first-order valence-electron chi connectivity index (χ1n) is 4.65. The van der Waals surface area contributed by atoms with E-state index < -0.39 is 0 Å². The van der Waals surface area contributed by atoms with Gasteiger partial charge in [0.2, 0.25) is 0 Å². The maximum atomic E-state index is 12.3. The summed E-state index contributed by atoms with van der Waals surface area (Å²) in [6, 6.07) is 1.75. The molecule has 0 bridgehead atoms. The summed E-state index contributed by atoms with van der Waals surface area (Å²) in [5.41, 5.74) is 1.46. The number of rotatable bonds is 1. The molecule has 0 saturated heterocycles. The number of fused-ring (bicyclic) bond motifs is 1. The largest absolute Gasteiger partial charge is 0.247 e. The fraction of sp³-hybridized carbons (Fsp3) is 0.300. The molecule has 0 aromatic carbocycles. The van der Waals surface area contributed by atoms with Gasteiger partial charge in [0.05, 0.1) is 5.02 Å². The monoisotopic (exact) mass is 246 g/mol. The first-order chi connectivity index (χ1) is 7.24. The van der Waals surface area contributed by atoms with Crippen LogP contribution in [-0.4, -0.2) is 8.96 Å². The third-order valence-corrected chi connectivity index (χ3v) is 2.81.